The number of benzene rings is 1. The summed E-state index contributed by atoms with van der Waals surface area (Å²) >= 11 is -2.05. The molecule has 0 aliphatic heterocycles. The zero-order valence-electron chi connectivity index (χ0n) is 11.3. The maximum atomic E-state index is 6.38. The average Bonchev–Trinajstić information content (AvgIpc) is 3.13. The third-order valence-corrected chi connectivity index (χ3v) is 9.11. The summed E-state index contributed by atoms with van der Waals surface area (Å²) in [7, 11) is 0. The number of halogens is 1. The molecule has 2 aliphatic rings. The predicted molar refractivity (Wildman–Crippen MR) is 74.9 cm³/mol. The third kappa shape index (κ3) is 3.91. The Bertz CT molecular complexity index is 528. The number of hydrogen-bond acceptors (Lipinski definition) is 1. The van der Waals surface area contributed by atoms with Crippen LogP contribution >= 0.6 is 0 Å². The first kappa shape index (κ1) is 15.7. The van der Waals surface area contributed by atoms with E-state index < -0.39 is 22.2 Å². The number of hydrogen-bond donors (Lipinski definition) is 0. The van der Waals surface area contributed by atoms with Gasteiger partial charge in [0.25, 0.3) is 0 Å². The summed E-state index contributed by atoms with van der Waals surface area (Å²) in [6, 6.07) is 10.5. The standard InChI is InChI=1S/C7H7O.2C5H5.ClH.Zr/c8-6-7-4-2-1-3-5-7;2*1-2-4-5-3-1;;/h1-5H,6H2;2*1-3H,4H2;1H;/q-1;;;;+2/p-1. The second kappa shape index (κ2) is 7.93. The van der Waals surface area contributed by atoms with Crippen LogP contribution in [0, 0.1) is 0 Å². The summed E-state index contributed by atoms with van der Waals surface area (Å²) in [6.07, 6.45) is 15.6. The van der Waals surface area contributed by atoms with E-state index in [9.17, 15) is 0 Å². The van der Waals surface area contributed by atoms with Crippen molar-refractivity contribution >= 4 is 0 Å². The van der Waals surface area contributed by atoms with Crippen molar-refractivity contribution < 1.29 is 37.4 Å². The normalized spacial score (nSPS) is 15.8. The molecule has 1 aromatic rings. The Morgan fingerprint density at radius 2 is 1.50 bits per heavy atom. The molecule has 0 aromatic heterocycles. The molecule has 2 aliphatic carbocycles. The van der Waals surface area contributed by atoms with Gasteiger partial charge in [0.05, 0.1) is 0 Å². The largest absolute Gasteiger partial charge is 1.00 e. The molecule has 102 valence electrons. The van der Waals surface area contributed by atoms with Gasteiger partial charge in [-0.15, -0.1) is 0 Å². The minimum atomic E-state index is -2.05. The molecule has 0 radical (unpaired) electrons. The Labute approximate surface area is 135 Å². The van der Waals surface area contributed by atoms with Crippen molar-refractivity contribution in [3.63, 3.8) is 0 Å². The fourth-order valence-corrected chi connectivity index (χ4v) is 7.75. The van der Waals surface area contributed by atoms with Crippen LogP contribution in [0.1, 0.15) is 18.4 Å². The molecule has 0 fully saturated rings. The van der Waals surface area contributed by atoms with Gasteiger partial charge in [0, 0.05) is 0 Å². The SMILES string of the molecule is C1=CC[C]([Zr+]([O]Cc2ccccc2)[C]2=CC=CC2)=C1.[Cl-]. The van der Waals surface area contributed by atoms with E-state index >= 15 is 0 Å². The van der Waals surface area contributed by atoms with Crippen LogP contribution in [0.3, 0.4) is 0 Å². The Hall–Kier alpha value is -0.687. The quantitative estimate of drug-likeness (QED) is 0.769. The van der Waals surface area contributed by atoms with Crippen molar-refractivity contribution in [1.29, 1.82) is 0 Å². The monoisotopic (exact) mass is 362 g/mol. The molecule has 0 saturated carbocycles. The molecule has 3 rings (SSSR count). The van der Waals surface area contributed by atoms with Crippen molar-refractivity contribution in [2.75, 3.05) is 0 Å². The van der Waals surface area contributed by atoms with Gasteiger partial charge in [-0.25, -0.2) is 0 Å². The van der Waals surface area contributed by atoms with Gasteiger partial charge < -0.3 is 12.4 Å². The number of allylic oxidation sites excluding steroid dienone is 8. The van der Waals surface area contributed by atoms with E-state index in [2.05, 4.69) is 66.8 Å². The zero-order valence-corrected chi connectivity index (χ0v) is 14.5. The van der Waals surface area contributed by atoms with Crippen LogP contribution in [0.5, 0.6) is 0 Å². The van der Waals surface area contributed by atoms with E-state index in [4.69, 9.17) is 2.81 Å². The fourth-order valence-electron chi connectivity index (χ4n) is 2.35. The first-order valence-electron chi connectivity index (χ1n) is 6.69. The maximum Gasteiger partial charge on any atom is -1.00 e. The molecule has 1 aromatic carbocycles. The Balaban J connectivity index is 0.00000147. The second-order valence-electron chi connectivity index (χ2n) is 4.75. The van der Waals surface area contributed by atoms with Gasteiger partial charge in [-0.05, 0) is 0 Å². The van der Waals surface area contributed by atoms with E-state index in [-0.39, 0.29) is 12.4 Å². The Morgan fingerprint density at radius 1 is 0.900 bits per heavy atom. The Kier molecular flexibility index (Phi) is 6.22. The van der Waals surface area contributed by atoms with Crippen LogP contribution in [-0.4, -0.2) is 0 Å². The van der Waals surface area contributed by atoms with Gasteiger partial charge in [0.15, 0.2) is 0 Å². The average molecular weight is 364 g/mol. The van der Waals surface area contributed by atoms with Crippen molar-refractivity contribution in [3.8, 4) is 0 Å². The van der Waals surface area contributed by atoms with E-state index in [1.54, 1.807) is 6.56 Å². The first-order valence-corrected chi connectivity index (χ1v) is 10.2. The summed E-state index contributed by atoms with van der Waals surface area (Å²) in [5, 5.41) is 0. The molecule has 0 unspecified atom stereocenters. The van der Waals surface area contributed by atoms with Crippen LogP contribution in [0.2, 0.25) is 0 Å². The molecule has 0 atom stereocenters. The summed E-state index contributed by atoms with van der Waals surface area (Å²) < 4.78 is 9.50. The van der Waals surface area contributed by atoms with Crippen LogP contribution in [0.25, 0.3) is 0 Å². The predicted octanol–water partition coefficient (Wildman–Crippen LogP) is 1.43. The van der Waals surface area contributed by atoms with Crippen LogP contribution in [-0.2, 0) is 31.6 Å². The van der Waals surface area contributed by atoms with Gasteiger partial charge in [0.1, 0.15) is 0 Å². The zero-order chi connectivity index (χ0) is 12.9. The van der Waals surface area contributed by atoms with Crippen molar-refractivity contribution in [3.05, 3.63) is 78.9 Å². The summed E-state index contributed by atoms with van der Waals surface area (Å²) in [5.41, 5.74) is 1.28. The van der Waals surface area contributed by atoms with E-state index in [1.165, 1.54) is 5.56 Å². The molecule has 0 saturated heterocycles. The molecule has 3 heteroatoms. The minimum absolute atomic E-state index is 0. The van der Waals surface area contributed by atoms with Gasteiger partial charge in [-0.1, -0.05) is 0 Å². The molecule has 0 spiro atoms. The minimum Gasteiger partial charge on any atom is -1.00 e. The summed E-state index contributed by atoms with van der Waals surface area (Å²) in [6.45, 7) is 0.754. The first-order chi connectivity index (χ1) is 9.43. The maximum absolute atomic E-state index is 6.38. The molecule has 0 heterocycles. The third-order valence-electron chi connectivity index (χ3n) is 3.35. The van der Waals surface area contributed by atoms with Crippen molar-refractivity contribution in [1.82, 2.24) is 0 Å². The van der Waals surface area contributed by atoms with E-state index in [0.717, 1.165) is 19.4 Å². The van der Waals surface area contributed by atoms with Gasteiger partial charge >= 0.3 is 123 Å². The van der Waals surface area contributed by atoms with Gasteiger partial charge in [0.2, 0.25) is 0 Å². The van der Waals surface area contributed by atoms with Crippen molar-refractivity contribution in [2.45, 2.75) is 19.4 Å². The van der Waals surface area contributed by atoms with Crippen LogP contribution in [0.15, 0.2) is 73.3 Å². The van der Waals surface area contributed by atoms with Crippen molar-refractivity contribution in [2.24, 2.45) is 0 Å². The molecule has 0 N–H and O–H groups in total. The van der Waals surface area contributed by atoms with Crippen LogP contribution in [0.4, 0.5) is 0 Å². The fraction of sp³-hybridized carbons (Fsp3) is 0.176. The smallest absolute Gasteiger partial charge is 1.00 e. The topological polar surface area (TPSA) is 9.23 Å². The second-order valence-corrected chi connectivity index (χ2v) is 10.2. The molecule has 0 amide bonds. The van der Waals surface area contributed by atoms with Gasteiger partial charge in [-0.3, -0.25) is 0 Å². The summed E-state index contributed by atoms with van der Waals surface area (Å²) in [5.74, 6) is 0. The summed E-state index contributed by atoms with van der Waals surface area (Å²) in [4.78, 5) is 0. The van der Waals surface area contributed by atoms with Crippen LogP contribution < -0.4 is 12.4 Å². The molecular weight excluding hydrogens is 347 g/mol. The van der Waals surface area contributed by atoms with E-state index in [0.29, 0.717) is 0 Å². The molecular formula is C17H17ClOZr. The Morgan fingerprint density at radius 3 is 2.00 bits per heavy atom. The molecule has 0 bridgehead atoms. The number of rotatable bonds is 5. The van der Waals surface area contributed by atoms with Gasteiger partial charge in [-0.2, -0.15) is 0 Å². The molecule has 1 nitrogen and oxygen atoms in total. The van der Waals surface area contributed by atoms with E-state index in [1.807, 2.05) is 0 Å². The molecule has 20 heavy (non-hydrogen) atoms.